The van der Waals surface area contributed by atoms with Crippen LogP contribution in [0.1, 0.15) is 18.5 Å². The van der Waals surface area contributed by atoms with Crippen LogP contribution in [-0.4, -0.2) is 11.9 Å². The first-order chi connectivity index (χ1) is 11.5. The van der Waals surface area contributed by atoms with Crippen LogP contribution in [0, 0.1) is 0 Å². The van der Waals surface area contributed by atoms with Gasteiger partial charge in [-0.25, -0.2) is 4.79 Å². The lowest BCUT2D eigenvalue weighted by Crippen LogP contribution is -2.45. The van der Waals surface area contributed by atoms with Gasteiger partial charge < -0.3 is 16.0 Å². The summed E-state index contributed by atoms with van der Waals surface area (Å²) in [6.45, 7) is 1.70. The summed E-state index contributed by atoms with van der Waals surface area (Å²) in [7, 11) is 0. The average Bonchev–Trinajstić information content (AvgIpc) is 2.55. The standard InChI is InChI=1S/C18H16ClN3O2/c1-11-15(17(23)21-14-8-3-2-4-9-14)16(22-18(24)20-11)12-6-5-7-13(19)10-12/h2-10,16H,1H3,(H,21,23)(H2,20,22,24)/t16-/m0/s1. The molecule has 6 heteroatoms. The van der Waals surface area contributed by atoms with Crippen LogP contribution in [0.15, 0.2) is 65.9 Å². The molecule has 2 aromatic carbocycles. The minimum Gasteiger partial charge on any atom is -0.327 e. The van der Waals surface area contributed by atoms with E-state index in [0.29, 0.717) is 22.0 Å². The van der Waals surface area contributed by atoms with Crippen molar-refractivity contribution in [1.82, 2.24) is 10.6 Å². The van der Waals surface area contributed by atoms with Crippen molar-refractivity contribution in [3.05, 3.63) is 76.5 Å². The van der Waals surface area contributed by atoms with E-state index in [-0.39, 0.29) is 11.9 Å². The Balaban J connectivity index is 1.96. The van der Waals surface area contributed by atoms with Gasteiger partial charge in [0.15, 0.2) is 0 Å². The van der Waals surface area contributed by atoms with E-state index in [2.05, 4.69) is 16.0 Å². The lowest BCUT2D eigenvalue weighted by Gasteiger charge is -2.28. The van der Waals surface area contributed by atoms with Crippen molar-refractivity contribution in [3.8, 4) is 0 Å². The van der Waals surface area contributed by atoms with Crippen molar-refractivity contribution >= 4 is 29.2 Å². The Morgan fingerprint density at radius 2 is 1.88 bits per heavy atom. The molecule has 0 radical (unpaired) electrons. The molecule has 24 heavy (non-hydrogen) atoms. The molecule has 1 aliphatic rings. The second kappa shape index (κ2) is 6.76. The van der Waals surface area contributed by atoms with Gasteiger partial charge in [-0.3, -0.25) is 4.79 Å². The van der Waals surface area contributed by atoms with Crippen molar-refractivity contribution in [2.24, 2.45) is 0 Å². The van der Waals surface area contributed by atoms with E-state index in [9.17, 15) is 9.59 Å². The number of nitrogens with one attached hydrogen (secondary N) is 3. The Morgan fingerprint density at radius 3 is 2.58 bits per heavy atom. The molecule has 1 atom stereocenters. The van der Waals surface area contributed by atoms with Gasteiger partial charge in [-0.1, -0.05) is 41.9 Å². The van der Waals surface area contributed by atoms with Gasteiger partial charge in [0.25, 0.3) is 5.91 Å². The number of carbonyl (C=O) groups excluding carboxylic acids is 2. The highest BCUT2D eigenvalue weighted by Crippen LogP contribution is 2.29. The first-order valence-electron chi connectivity index (χ1n) is 7.45. The number of halogens is 1. The number of allylic oxidation sites excluding steroid dienone is 1. The Hall–Kier alpha value is -2.79. The van der Waals surface area contributed by atoms with E-state index < -0.39 is 6.04 Å². The third kappa shape index (κ3) is 3.41. The Kier molecular flexibility index (Phi) is 4.53. The minimum atomic E-state index is -0.568. The summed E-state index contributed by atoms with van der Waals surface area (Å²) in [6, 6.07) is 15.3. The lowest BCUT2D eigenvalue weighted by atomic mass is 9.95. The maximum atomic E-state index is 12.8. The molecule has 5 nitrogen and oxygen atoms in total. The number of urea groups is 1. The molecule has 0 fully saturated rings. The predicted octanol–water partition coefficient (Wildman–Crippen LogP) is 3.61. The number of benzene rings is 2. The van der Waals surface area contributed by atoms with E-state index in [1.807, 2.05) is 24.3 Å². The van der Waals surface area contributed by atoms with Gasteiger partial charge in [0.2, 0.25) is 0 Å². The van der Waals surface area contributed by atoms with Crippen LogP contribution >= 0.6 is 11.6 Å². The van der Waals surface area contributed by atoms with Crippen LogP contribution in [0.4, 0.5) is 10.5 Å². The van der Waals surface area contributed by atoms with E-state index in [4.69, 9.17) is 11.6 Å². The summed E-state index contributed by atoms with van der Waals surface area (Å²) in [4.78, 5) is 24.6. The van der Waals surface area contributed by atoms with E-state index in [0.717, 1.165) is 5.56 Å². The monoisotopic (exact) mass is 341 g/mol. The normalized spacial score (nSPS) is 17.1. The molecular weight excluding hydrogens is 326 g/mol. The average molecular weight is 342 g/mol. The van der Waals surface area contributed by atoms with Crippen LogP contribution in [0.5, 0.6) is 0 Å². The first-order valence-corrected chi connectivity index (χ1v) is 7.82. The quantitative estimate of drug-likeness (QED) is 0.798. The molecule has 0 saturated heterocycles. The topological polar surface area (TPSA) is 70.2 Å². The molecule has 1 heterocycles. The number of anilines is 1. The van der Waals surface area contributed by atoms with Gasteiger partial charge >= 0.3 is 6.03 Å². The number of hydrogen-bond acceptors (Lipinski definition) is 2. The maximum absolute atomic E-state index is 12.8. The third-order valence-electron chi connectivity index (χ3n) is 3.73. The highest BCUT2D eigenvalue weighted by atomic mass is 35.5. The van der Waals surface area contributed by atoms with E-state index in [1.165, 1.54) is 0 Å². The second-order valence-electron chi connectivity index (χ2n) is 5.45. The van der Waals surface area contributed by atoms with Crippen LogP contribution in [-0.2, 0) is 4.79 Å². The first kappa shape index (κ1) is 16.1. The van der Waals surface area contributed by atoms with Gasteiger partial charge in [-0.2, -0.15) is 0 Å². The van der Waals surface area contributed by atoms with Gasteiger partial charge in [0, 0.05) is 16.4 Å². The molecule has 122 valence electrons. The third-order valence-corrected chi connectivity index (χ3v) is 3.96. The fourth-order valence-electron chi connectivity index (χ4n) is 2.65. The van der Waals surface area contributed by atoms with Gasteiger partial charge in [0.1, 0.15) is 0 Å². The van der Waals surface area contributed by atoms with Crippen molar-refractivity contribution in [2.75, 3.05) is 5.32 Å². The SMILES string of the molecule is CC1=C(C(=O)Nc2ccccc2)[C@H](c2cccc(Cl)c2)NC(=O)N1. The summed E-state index contributed by atoms with van der Waals surface area (Å²) in [5, 5.41) is 8.82. The number of carbonyl (C=O) groups is 2. The van der Waals surface area contributed by atoms with E-state index >= 15 is 0 Å². The Morgan fingerprint density at radius 1 is 1.12 bits per heavy atom. The van der Waals surface area contributed by atoms with Gasteiger partial charge in [-0.05, 0) is 36.8 Å². The molecule has 3 rings (SSSR count). The summed E-state index contributed by atoms with van der Waals surface area (Å²) >= 11 is 6.05. The Bertz CT molecular complexity index is 818. The van der Waals surface area contributed by atoms with Crippen LogP contribution in [0.2, 0.25) is 5.02 Å². The zero-order chi connectivity index (χ0) is 17.1. The molecule has 0 saturated carbocycles. The highest BCUT2D eigenvalue weighted by molar-refractivity contribution is 6.30. The molecule has 0 aromatic heterocycles. The number of amides is 3. The Labute approximate surface area is 144 Å². The highest BCUT2D eigenvalue weighted by Gasteiger charge is 2.31. The molecule has 3 amide bonds. The molecule has 0 aliphatic carbocycles. The zero-order valence-electron chi connectivity index (χ0n) is 13.0. The smallest absolute Gasteiger partial charge is 0.319 e. The lowest BCUT2D eigenvalue weighted by molar-refractivity contribution is -0.113. The summed E-state index contributed by atoms with van der Waals surface area (Å²) < 4.78 is 0. The molecule has 0 bridgehead atoms. The van der Waals surface area contributed by atoms with Crippen LogP contribution in [0.3, 0.4) is 0 Å². The molecular formula is C18H16ClN3O2. The number of hydrogen-bond donors (Lipinski definition) is 3. The summed E-state index contributed by atoms with van der Waals surface area (Å²) in [6.07, 6.45) is 0. The van der Waals surface area contributed by atoms with Crippen molar-refractivity contribution in [1.29, 1.82) is 0 Å². The van der Waals surface area contributed by atoms with Crippen molar-refractivity contribution in [3.63, 3.8) is 0 Å². The minimum absolute atomic E-state index is 0.281. The van der Waals surface area contributed by atoms with Gasteiger partial charge in [-0.15, -0.1) is 0 Å². The summed E-state index contributed by atoms with van der Waals surface area (Å²) in [5.41, 5.74) is 2.39. The zero-order valence-corrected chi connectivity index (χ0v) is 13.7. The fraction of sp³-hybridized carbons (Fsp3) is 0.111. The van der Waals surface area contributed by atoms with E-state index in [1.54, 1.807) is 37.3 Å². The fourth-order valence-corrected chi connectivity index (χ4v) is 2.85. The second-order valence-corrected chi connectivity index (χ2v) is 5.88. The van der Waals surface area contributed by atoms with Crippen molar-refractivity contribution in [2.45, 2.75) is 13.0 Å². The predicted molar refractivity (Wildman–Crippen MR) is 93.6 cm³/mol. The molecule has 0 unspecified atom stereocenters. The summed E-state index contributed by atoms with van der Waals surface area (Å²) in [5.74, 6) is -0.281. The van der Waals surface area contributed by atoms with Crippen LogP contribution in [0.25, 0.3) is 0 Å². The maximum Gasteiger partial charge on any atom is 0.319 e. The van der Waals surface area contributed by atoms with Gasteiger partial charge in [0.05, 0.1) is 11.6 Å². The molecule has 2 aromatic rings. The largest absolute Gasteiger partial charge is 0.327 e. The molecule has 1 aliphatic heterocycles. The molecule has 3 N–H and O–H groups in total. The number of para-hydroxylation sites is 1. The van der Waals surface area contributed by atoms with Crippen molar-refractivity contribution < 1.29 is 9.59 Å². The van der Waals surface area contributed by atoms with Crippen LogP contribution < -0.4 is 16.0 Å². The number of rotatable bonds is 3. The molecule has 0 spiro atoms.